The molecule has 112 valence electrons. The second kappa shape index (κ2) is 7.37. The summed E-state index contributed by atoms with van der Waals surface area (Å²) in [6.45, 7) is 6.72. The van der Waals surface area contributed by atoms with Crippen LogP contribution in [0.4, 0.5) is 17.1 Å². The zero-order chi connectivity index (χ0) is 15.2. The fourth-order valence-corrected chi connectivity index (χ4v) is 2.53. The van der Waals surface area contributed by atoms with Crippen molar-refractivity contribution >= 4 is 28.7 Å². The molecule has 0 aliphatic carbocycles. The fraction of sp³-hybridized carbons (Fsp3) is 0.333. The molecule has 0 spiro atoms. The number of halogens is 1. The molecule has 3 heteroatoms. The Morgan fingerprint density at radius 3 is 1.81 bits per heavy atom. The van der Waals surface area contributed by atoms with Crippen molar-refractivity contribution in [2.45, 2.75) is 33.2 Å². The highest BCUT2D eigenvalue weighted by molar-refractivity contribution is 6.30. The van der Waals surface area contributed by atoms with E-state index in [1.165, 1.54) is 6.42 Å². The van der Waals surface area contributed by atoms with Gasteiger partial charge in [-0.05, 0) is 67.8 Å². The molecule has 1 atom stereocenters. The van der Waals surface area contributed by atoms with E-state index in [-0.39, 0.29) is 0 Å². The monoisotopic (exact) mass is 302 g/mol. The number of rotatable bonds is 6. The summed E-state index contributed by atoms with van der Waals surface area (Å²) in [6, 6.07) is 16.6. The lowest BCUT2D eigenvalue weighted by Crippen LogP contribution is -2.17. The summed E-state index contributed by atoms with van der Waals surface area (Å²) in [5, 5.41) is 7.63. The van der Waals surface area contributed by atoms with Crippen LogP contribution >= 0.6 is 11.6 Å². The van der Waals surface area contributed by atoms with Crippen LogP contribution in [-0.2, 0) is 0 Å². The molecule has 2 aromatic rings. The minimum atomic E-state index is 0.486. The second-order valence-corrected chi connectivity index (χ2v) is 6.32. The quantitative estimate of drug-likeness (QED) is 0.691. The molecule has 2 N–H and O–H groups in total. The number of anilines is 3. The summed E-state index contributed by atoms with van der Waals surface area (Å²) in [6.07, 6.45) is 1.17. The zero-order valence-corrected chi connectivity index (χ0v) is 13.6. The van der Waals surface area contributed by atoms with Crippen LogP contribution in [-0.4, -0.2) is 6.04 Å². The SMILES string of the molecule is CC(C)CC(C)Nc1ccc(Nc2ccc(Cl)cc2)cc1. The lowest BCUT2D eigenvalue weighted by Gasteiger charge is -2.17. The maximum absolute atomic E-state index is 5.88. The van der Waals surface area contributed by atoms with Gasteiger partial charge in [0.25, 0.3) is 0 Å². The normalized spacial score (nSPS) is 12.2. The first-order chi connectivity index (χ1) is 10.0. The van der Waals surface area contributed by atoms with Crippen molar-refractivity contribution in [2.24, 2.45) is 5.92 Å². The largest absolute Gasteiger partial charge is 0.383 e. The molecule has 1 unspecified atom stereocenters. The van der Waals surface area contributed by atoms with Crippen LogP contribution in [0.3, 0.4) is 0 Å². The maximum Gasteiger partial charge on any atom is 0.0407 e. The number of hydrogen-bond acceptors (Lipinski definition) is 2. The average molecular weight is 303 g/mol. The van der Waals surface area contributed by atoms with Crippen LogP contribution in [0.5, 0.6) is 0 Å². The molecule has 2 nitrogen and oxygen atoms in total. The Kier molecular flexibility index (Phi) is 5.51. The maximum atomic E-state index is 5.88. The molecular weight excluding hydrogens is 280 g/mol. The summed E-state index contributed by atoms with van der Waals surface area (Å²) in [5.41, 5.74) is 3.26. The Hall–Kier alpha value is -1.67. The molecule has 21 heavy (non-hydrogen) atoms. The Bertz CT molecular complexity index is 546. The van der Waals surface area contributed by atoms with E-state index < -0.39 is 0 Å². The van der Waals surface area contributed by atoms with Gasteiger partial charge in [0.1, 0.15) is 0 Å². The predicted octanol–water partition coefficient (Wildman–Crippen LogP) is 5.93. The topological polar surface area (TPSA) is 24.1 Å². The Morgan fingerprint density at radius 2 is 1.29 bits per heavy atom. The van der Waals surface area contributed by atoms with Gasteiger partial charge in [-0.2, -0.15) is 0 Å². The highest BCUT2D eigenvalue weighted by Gasteiger charge is 2.04. The fourth-order valence-electron chi connectivity index (χ4n) is 2.40. The van der Waals surface area contributed by atoms with Crippen molar-refractivity contribution in [2.75, 3.05) is 10.6 Å². The molecular formula is C18H23ClN2. The van der Waals surface area contributed by atoms with Gasteiger partial charge in [0.15, 0.2) is 0 Å². The summed E-state index contributed by atoms with van der Waals surface area (Å²) >= 11 is 5.88. The van der Waals surface area contributed by atoms with Gasteiger partial charge in [-0.3, -0.25) is 0 Å². The minimum absolute atomic E-state index is 0.486. The van der Waals surface area contributed by atoms with E-state index >= 15 is 0 Å². The van der Waals surface area contributed by atoms with Gasteiger partial charge < -0.3 is 10.6 Å². The molecule has 0 aliphatic heterocycles. The third-order valence-electron chi connectivity index (χ3n) is 3.26. The summed E-state index contributed by atoms with van der Waals surface area (Å²) < 4.78 is 0. The summed E-state index contributed by atoms with van der Waals surface area (Å²) in [7, 11) is 0. The second-order valence-electron chi connectivity index (χ2n) is 5.88. The van der Waals surface area contributed by atoms with Crippen molar-refractivity contribution in [3.63, 3.8) is 0 Å². The number of nitrogens with one attached hydrogen (secondary N) is 2. The van der Waals surface area contributed by atoms with Crippen LogP contribution < -0.4 is 10.6 Å². The van der Waals surface area contributed by atoms with E-state index in [4.69, 9.17) is 11.6 Å². The number of hydrogen-bond donors (Lipinski definition) is 2. The van der Waals surface area contributed by atoms with E-state index in [0.717, 1.165) is 22.1 Å². The Labute approximate surface area is 132 Å². The van der Waals surface area contributed by atoms with Crippen LogP contribution in [0, 0.1) is 5.92 Å². The molecule has 2 rings (SSSR count). The summed E-state index contributed by atoms with van der Waals surface area (Å²) in [5.74, 6) is 0.707. The van der Waals surface area contributed by atoms with E-state index in [1.54, 1.807) is 0 Å². The van der Waals surface area contributed by atoms with E-state index in [9.17, 15) is 0 Å². The van der Waals surface area contributed by atoms with Crippen LogP contribution in [0.1, 0.15) is 27.2 Å². The van der Waals surface area contributed by atoms with Crippen LogP contribution in [0.25, 0.3) is 0 Å². The molecule has 0 saturated carbocycles. The number of benzene rings is 2. The van der Waals surface area contributed by atoms with Gasteiger partial charge >= 0.3 is 0 Å². The van der Waals surface area contributed by atoms with Crippen LogP contribution in [0.15, 0.2) is 48.5 Å². The summed E-state index contributed by atoms with van der Waals surface area (Å²) in [4.78, 5) is 0. The van der Waals surface area contributed by atoms with Gasteiger partial charge in [-0.1, -0.05) is 25.4 Å². The molecule has 0 bridgehead atoms. The first-order valence-corrected chi connectivity index (χ1v) is 7.80. The van der Waals surface area contributed by atoms with E-state index in [0.29, 0.717) is 12.0 Å². The van der Waals surface area contributed by atoms with Gasteiger partial charge in [0.2, 0.25) is 0 Å². The molecule has 0 heterocycles. The van der Waals surface area contributed by atoms with Gasteiger partial charge in [0, 0.05) is 28.1 Å². The predicted molar refractivity (Wildman–Crippen MR) is 93.7 cm³/mol. The molecule has 0 aliphatic rings. The van der Waals surface area contributed by atoms with Crippen LogP contribution in [0.2, 0.25) is 5.02 Å². The smallest absolute Gasteiger partial charge is 0.0407 e. The van der Waals surface area contributed by atoms with Crippen molar-refractivity contribution in [3.05, 3.63) is 53.6 Å². The van der Waals surface area contributed by atoms with Gasteiger partial charge in [0.05, 0.1) is 0 Å². The average Bonchev–Trinajstić information content (AvgIpc) is 2.42. The first-order valence-electron chi connectivity index (χ1n) is 7.42. The molecule has 0 saturated heterocycles. The van der Waals surface area contributed by atoms with E-state index in [2.05, 4.69) is 55.7 Å². The third-order valence-corrected chi connectivity index (χ3v) is 3.51. The van der Waals surface area contributed by atoms with Gasteiger partial charge in [-0.15, -0.1) is 0 Å². The van der Waals surface area contributed by atoms with Crippen molar-refractivity contribution in [1.82, 2.24) is 0 Å². The lowest BCUT2D eigenvalue weighted by atomic mass is 10.1. The molecule has 0 aromatic heterocycles. The first kappa shape index (κ1) is 15.7. The zero-order valence-electron chi connectivity index (χ0n) is 12.9. The molecule has 0 amide bonds. The van der Waals surface area contributed by atoms with Gasteiger partial charge in [-0.25, -0.2) is 0 Å². The molecule has 2 aromatic carbocycles. The standard InChI is InChI=1S/C18H23ClN2/c1-13(2)12-14(3)20-16-8-10-18(11-9-16)21-17-6-4-15(19)5-7-17/h4-11,13-14,20-21H,12H2,1-3H3. The minimum Gasteiger partial charge on any atom is -0.383 e. The highest BCUT2D eigenvalue weighted by Crippen LogP contribution is 2.21. The van der Waals surface area contributed by atoms with Crippen molar-refractivity contribution < 1.29 is 0 Å². The third kappa shape index (κ3) is 5.31. The van der Waals surface area contributed by atoms with Crippen molar-refractivity contribution in [3.8, 4) is 0 Å². The molecule has 0 fully saturated rings. The van der Waals surface area contributed by atoms with Crippen molar-refractivity contribution in [1.29, 1.82) is 0 Å². The Morgan fingerprint density at radius 1 is 0.810 bits per heavy atom. The van der Waals surface area contributed by atoms with E-state index in [1.807, 2.05) is 24.3 Å². The highest BCUT2D eigenvalue weighted by atomic mass is 35.5. The molecule has 0 radical (unpaired) electrons. The Balaban J connectivity index is 1.94. The lowest BCUT2D eigenvalue weighted by molar-refractivity contribution is 0.540.